The Morgan fingerprint density at radius 2 is 1.58 bits per heavy atom. The molecule has 0 radical (unpaired) electrons. The van der Waals surface area contributed by atoms with Crippen LogP contribution in [0.3, 0.4) is 0 Å². The molecule has 1 aliphatic heterocycles. The number of hydrogen-bond donors (Lipinski definition) is 1. The third-order valence-corrected chi connectivity index (χ3v) is 4.53. The van der Waals surface area contributed by atoms with Gasteiger partial charge in [-0.2, -0.15) is 0 Å². The van der Waals surface area contributed by atoms with Crippen molar-refractivity contribution >= 4 is 27.6 Å². The Balaban J connectivity index is 1.42. The lowest BCUT2D eigenvalue weighted by Crippen LogP contribution is -2.15. The second-order valence-electron chi connectivity index (χ2n) is 6.29. The Kier molecular flexibility index (Phi) is 3.45. The average molecular weight is 349 g/mol. The zero-order chi connectivity index (χ0) is 17.5. The summed E-state index contributed by atoms with van der Waals surface area (Å²) < 4.78 is 30.5. The van der Waals surface area contributed by atoms with Gasteiger partial charge in [-0.3, -0.25) is 0 Å². The second kappa shape index (κ2) is 5.95. The topological polar surface area (TPSA) is 43.6 Å². The van der Waals surface area contributed by atoms with Gasteiger partial charge in [0.25, 0.3) is 0 Å². The number of benzene rings is 3. The fourth-order valence-corrected chi connectivity index (χ4v) is 3.26. The normalized spacial score (nSPS) is 13.3. The first-order valence-electron chi connectivity index (χ1n) is 8.50. The average Bonchev–Trinajstić information content (AvgIpc) is 3.03. The van der Waals surface area contributed by atoms with Crippen LogP contribution in [0, 0.1) is 5.82 Å². The summed E-state index contributed by atoms with van der Waals surface area (Å²) in [5.41, 5.74) is 3.47. The smallest absolute Gasteiger partial charge is 0.161 e. The number of halogens is 1. The van der Waals surface area contributed by atoms with Crippen molar-refractivity contribution in [2.75, 3.05) is 18.5 Å². The van der Waals surface area contributed by atoms with Gasteiger partial charge in [0.1, 0.15) is 30.2 Å². The number of ether oxygens (including phenoxy) is 2. The molecule has 4 aromatic rings. The van der Waals surface area contributed by atoms with Gasteiger partial charge < -0.3 is 19.2 Å². The van der Waals surface area contributed by atoms with Crippen molar-refractivity contribution in [3.8, 4) is 11.5 Å². The fraction of sp³-hybridized carbons (Fsp3) is 0.143. The predicted octanol–water partition coefficient (Wildman–Crippen LogP) is 5.11. The van der Waals surface area contributed by atoms with Crippen LogP contribution >= 0.6 is 0 Å². The zero-order valence-electron chi connectivity index (χ0n) is 13.9. The number of rotatable bonds is 3. The monoisotopic (exact) mass is 349 g/mol. The lowest BCUT2D eigenvalue weighted by atomic mass is 10.1. The van der Waals surface area contributed by atoms with E-state index >= 15 is 0 Å². The van der Waals surface area contributed by atoms with E-state index in [9.17, 15) is 4.39 Å². The van der Waals surface area contributed by atoms with Crippen LogP contribution in [-0.2, 0) is 6.54 Å². The van der Waals surface area contributed by atoms with E-state index in [4.69, 9.17) is 13.9 Å². The highest BCUT2D eigenvalue weighted by molar-refractivity contribution is 6.05. The highest BCUT2D eigenvalue weighted by atomic mass is 19.1. The molecule has 0 fully saturated rings. The van der Waals surface area contributed by atoms with E-state index in [0.717, 1.165) is 39.1 Å². The van der Waals surface area contributed by atoms with Gasteiger partial charge in [0, 0.05) is 23.0 Å². The maximum absolute atomic E-state index is 13.6. The lowest BCUT2D eigenvalue weighted by molar-refractivity contribution is 0.171. The SMILES string of the molecule is Fc1ccc2oc3ccc(NCc4ccc5c(c4)OCCO5)cc3c2c1. The summed E-state index contributed by atoms with van der Waals surface area (Å²) >= 11 is 0. The maximum atomic E-state index is 13.6. The van der Waals surface area contributed by atoms with Crippen LogP contribution in [0.15, 0.2) is 59.0 Å². The third kappa shape index (κ3) is 2.62. The molecular formula is C21H16FNO3. The van der Waals surface area contributed by atoms with Crippen molar-refractivity contribution in [2.45, 2.75) is 6.54 Å². The summed E-state index contributed by atoms with van der Waals surface area (Å²) in [6.45, 7) is 1.81. The molecule has 5 heteroatoms. The van der Waals surface area contributed by atoms with E-state index < -0.39 is 0 Å². The number of fused-ring (bicyclic) bond motifs is 4. The molecule has 1 aliphatic rings. The quantitative estimate of drug-likeness (QED) is 0.558. The Hall–Kier alpha value is -3.21. The van der Waals surface area contributed by atoms with Gasteiger partial charge in [0.2, 0.25) is 0 Å². The highest BCUT2D eigenvalue weighted by Crippen LogP contribution is 2.33. The van der Waals surface area contributed by atoms with Crippen LogP contribution in [0.1, 0.15) is 5.56 Å². The fourth-order valence-electron chi connectivity index (χ4n) is 3.26. The van der Waals surface area contributed by atoms with Crippen molar-refractivity contribution < 1.29 is 18.3 Å². The maximum Gasteiger partial charge on any atom is 0.161 e. The largest absolute Gasteiger partial charge is 0.486 e. The summed E-state index contributed by atoms with van der Waals surface area (Å²) in [5, 5.41) is 5.07. The molecule has 4 nitrogen and oxygen atoms in total. The minimum atomic E-state index is -0.269. The van der Waals surface area contributed by atoms with Crippen LogP contribution in [0.25, 0.3) is 21.9 Å². The van der Waals surface area contributed by atoms with E-state index in [1.54, 1.807) is 6.07 Å². The zero-order valence-corrected chi connectivity index (χ0v) is 13.9. The molecule has 0 bridgehead atoms. The van der Waals surface area contributed by atoms with E-state index in [-0.39, 0.29) is 5.82 Å². The van der Waals surface area contributed by atoms with Crippen molar-refractivity contribution in [1.29, 1.82) is 0 Å². The summed E-state index contributed by atoms with van der Waals surface area (Å²) in [5.74, 6) is 1.30. The lowest BCUT2D eigenvalue weighted by Gasteiger charge is -2.19. The van der Waals surface area contributed by atoms with Crippen molar-refractivity contribution in [3.05, 3.63) is 66.0 Å². The molecule has 0 unspecified atom stereocenters. The van der Waals surface area contributed by atoms with Crippen LogP contribution in [0.4, 0.5) is 10.1 Å². The summed E-state index contributed by atoms with van der Waals surface area (Å²) in [7, 11) is 0. The Morgan fingerprint density at radius 3 is 2.46 bits per heavy atom. The first-order chi connectivity index (χ1) is 12.8. The molecule has 0 atom stereocenters. The van der Waals surface area contributed by atoms with Gasteiger partial charge in [-0.1, -0.05) is 6.07 Å². The summed E-state index contributed by atoms with van der Waals surface area (Å²) in [6, 6.07) is 16.4. The molecule has 130 valence electrons. The molecule has 1 aromatic heterocycles. The van der Waals surface area contributed by atoms with Gasteiger partial charge in [-0.15, -0.1) is 0 Å². The molecule has 3 aromatic carbocycles. The minimum absolute atomic E-state index is 0.269. The van der Waals surface area contributed by atoms with Crippen LogP contribution in [0.2, 0.25) is 0 Å². The van der Waals surface area contributed by atoms with Crippen LogP contribution in [-0.4, -0.2) is 13.2 Å². The molecule has 26 heavy (non-hydrogen) atoms. The first kappa shape index (κ1) is 15.1. The van der Waals surface area contributed by atoms with Gasteiger partial charge in [-0.05, 0) is 54.1 Å². The van der Waals surface area contributed by atoms with Crippen LogP contribution in [0.5, 0.6) is 11.5 Å². The van der Waals surface area contributed by atoms with Gasteiger partial charge in [-0.25, -0.2) is 4.39 Å². The number of hydrogen-bond acceptors (Lipinski definition) is 4. The third-order valence-electron chi connectivity index (χ3n) is 4.53. The molecule has 0 aliphatic carbocycles. The van der Waals surface area contributed by atoms with E-state index in [2.05, 4.69) is 5.32 Å². The number of furan rings is 1. The van der Waals surface area contributed by atoms with Crippen molar-refractivity contribution in [3.63, 3.8) is 0 Å². The predicted molar refractivity (Wildman–Crippen MR) is 98.4 cm³/mol. The first-order valence-corrected chi connectivity index (χ1v) is 8.50. The van der Waals surface area contributed by atoms with Crippen LogP contribution < -0.4 is 14.8 Å². The Bertz CT molecular complexity index is 1120. The molecule has 1 N–H and O–H groups in total. The van der Waals surface area contributed by atoms with Gasteiger partial charge in [0.05, 0.1) is 0 Å². The molecule has 0 saturated carbocycles. The summed E-state index contributed by atoms with van der Waals surface area (Å²) in [6.07, 6.45) is 0. The minimum Gasteiger partial charge on any atom is -0.486 e. The number of nitrogens with one attached hydrogen (secondary N) is 1. The Labute approximate surface area is 149 Å². The molecule has 0 spiro atoms. The molecule has 0 amide bonds. The highest BCUT2D eigenvalue weighted by Gasteiger charge is 2.12. The number of anilines is 1. The standard InChI is InChI=1S/C21H16FNO3/c22-14-2-5-18-16(10-14)17-11-15(3-6-19(17)26-18)23-12-13-1-4-20-21(9-13)25-8-7-24-20/h1-6,9-11,23H,7-8,12H2. The molecule has 2 heterocycles. The van der Waals surface area contributed by atoms with E-state index in [1.165, 1.54) is 12.1 Å². The molecule has 5 rings (SSSR count). The Morgan fingerprint density at radius 1 is 0.808 bits per heavy atom. The van der Waals surface area contributed by atoms with Crippen molar-refractivity contribution in [1.82, 2.24) is 0 Å². The van der Waals surface area contributed by atoms with Gasteiger partial charge in [0.15, 0.2) is 11.5 Å². The van der Waals surface area contributed by atoms with Gasteiger partial charge >= 0.3 is 0 Å². The summed E-state index contributed by atoms with van der Waals surface area (Å²) in [4.78, 5) is 0. The molecule has 0 saturated heterocycles. The van der Waals surface area contributed by atoms with E-state index in [1.807, 2.05) is 36.4 Å². The van der Waals surface area contributed by atoms with Crippen molar-refractivity contribution in [2.24, 2.45) is 0 Å². The molecular weight excluding hydrogens is 333 g/mol. The second-order valence-corrected chi connectivity index (χ2v) is 6.29. The van der Waals surface area contributed by atoms with E-state index in [0.29, 0.717) is 25.3 Å².